The maximum absolute atomic E-state index is 12.8. The van der Waals surface area contributed by atoms with Crippen molar-refractivity contribution in [1.29, 1.82) is 0 Å². The van der Waals surface area contributed by atoms with Gasteiger partial charge in [0.15, 0.2) is 0 Å². The molecule has 1 atom stereocenters. The molecule has 2 heterocycles. The van der Waals surface area contributed by atoms with Crippen molar-refractivity contribution in [2.75, 3.05) is 5.73 Å². The van der Waals surface area contributed by atoms with E-state index >= 15 is 0 Å². The standard InChI is InChI=1S/C17H18N4O/c1-10-13-5-3-2-4-12(13)9-21(10)17(22)14-8-19-16(11-6-7-11)20-15(14)18/h2-5,8,10-11H,6-7,9H2,1H3,(H2,18,19,20). The Balaban J connectivity index is 1.63. The predicted molar refractivity (Wildman–Crippen MR) is 83.1 cm³/mol. The van der Waals surface area contributed by atoms with Crippen molar-refractivity contribution in [1.82, 2.24) is 14.9 Å². The lowest BCUT2D eigenvalue weighted by atomic mass is 10.1. The highest BCUT2D eigenvalue weighted by atomic mass is 16.2. The Hall–Kier alpha value is -2.43. The lowest BCUT2D eigenvalue weighted by Crippen LogP contribution is -2.29. The van der Waals surface area contributed by atoms with E-state index in [-0.39, 0.29) is 11.9 Å². The third-order valence-electron chi connectivity index (χ3n) is 4.58. The Bertz CT molecular complexity index is 754. The third-order valence-corrected chi connectivity index (χ3v) is 4.58. The molecule has 1 aliphatic heterocycles. The molecule has 1 aromatic heterocycles. The fourth-order valence-electron chi connectivity index (χ4n) is 3.09. The smallest absolute Gasteiger partial charge is 0.259 e. The number of nitrogens with zero attached hydrogens (tertiary/aromatic N) is 3. The summed E-state index contributed by atoms with van der Waals surface area (Å²) in [5, 5.41) is 0. The number of hydrogen-bond donors (Lipinski definition) is 1. The molecule has 112 valence electrons. The van der Waals surface area contributed by atoms with Crippen molar-refractivity contribution in [3.05, 3.63) is 53.0 Å². The second kappa shape index (κ2) is 4.80. The van der Waals surface area contributed by atoms with E-state index in [2.05, 4.69) is 22.1 Å². The molecule has 2 aliphatic rings. The van der Waals surface area contributed by atoms with Crippen LogP contribution in [-0.2, 0) is 6.54 Å². The topological polar surface area (TPSA) is 72.1 Å². The molecule has 5 nitrogen and oxygen atoms in total. The van der Waals surface area contributed by atoms with Crippen LogP contribution in [0, 0.1) is 0 Å². The molecule has 0 radical (unpaired) electrons. The number of nitrogen functional groups attached to an aromatic ring is 1. The first-order valence-electron chi connectivity index (χ1n) is 7.66. The van der Waals surface area contributed by atoms with E-state index in [4.69, 9.17) is 5.73 Å². The van der Waals surface area contributed by atoms with Gasteiger partial charge in [-0.3, -0.25) is 4.79 Å². The van der Waals surface area contributed by atoms with Crippen LogP contribution in [0.1, 0.15) is 59.0 Å². The van der Waals surface area contributed by atoms with Crippen LogP contribution in [0.15, 0.2) is 30.5 Å². The average molecular weight is 294 g/mol. The van der Waals surface area contributed by atoms with Gasteiger partial charge >= 0.3 is 0 Å². The number of anilines is 1. The van der Waals surface area contributed by atoms with E-state index in [0.717, 1.165) is 18.7 Å². The van der Waals surface area contributed by atoms with E-state index in [1.165, 1.54) is 11.1 Å². The molecule has 0 saturated heterocycles. The number of rotatable bonds is 2. The second-order valence-electron chi connectivity index (χ2n) is 6.11. The molecule has 1 amide bonds. The fourth-order valence-corrected chi connectivity index (χ4v) is 3.09. The van der Waals surface area contributed by atoms with E-state index in [9.17, 15) is 4.79 Å². The van der Waals surface area contributed by atoms with Gasteiger partial charge in [0.1, 0.15) is 17.2 Å². The Labute approximate surface area is 129 Å². The van der Waals surface area contributed by atoms with E-state index < -0.39 is 0 Å². The van der Waals surface area contributed by atoms with Crippen LogP contribution >= 0.6 is 0 Å². The van der Waals surface area contributed by atoms with Gasteiger partial charge in [-0.25, -0.2) is 9.97 Å². The largest absolute Gasteiger partial charge is 0.383 e. The van der Waals surface area contributed by atoms with E-state index in [0.29, 0.717) is 23.8 Å². The summed E-state index contributed by atoms with van der Waals surface area (Å²) >= 11 is 0. The van der Waals surface area contributed by atoms with Gasteiger partial charge in [-0.1, -0.05) is 24.3 Å². The molecule has 5 heteroatoms. The average Bonchev–Trinajstić information content (AvgIpc) is 3.32. The molecule has 1 aromatic carbocycles. The number of nitrogens with two attached hydrogens (primary N) is 1. The van der Waals surface area contributed by atoms with Crippen molar-refractivity contribution in [3.8, 4) is 0 Å². The van der Waals surface area contributed by atoms with Crippen molar-refractivity contribution in [2.24, 2.45) is 0 Å². The predicted octanol–water partition coefficient (Wildman–Crippen LogP) is 2.65. The molecular weight excluding hydrogens is 276 g/mol. The molecule has 4 rings (SSSR count). The molecule has 1 unspecified atom stereocenters. The lowest BCUT2D eigenvalue weighted by molar-refractivity contribution is 0.0705. The zero-order chi connectivity index (χ0) is 15.3. The molecule has 1 aliphatic carbocycles. The Morgan fingerprint density at radius 3 is 2.77 bits per heavy atom. The van der Waals surface area contributed by atoms with E-state index in [1.54, 1.807) is 6.20 Å². The first kappa shape index (κ1) is 13.2. The summed E-state index contributed by atoms with van der Waals surface area (Å²) in [4.78, 5) is 23.3. The monoisotopic (exact) mass is 294 g/mol. The number of carbonyl (C=O) groups is 1. The van der Waals surface area contributed by atoms with Crippen LogP contribution in [-0.4, -0.2) is 20.8 Å². The summed E-state index contributed by atoms with van der Waals surface area (Å²) in [6.07, 6.45) is 3.82. The molecule has 2 aromatic rings. The zero-order valence-corrected chi connectivity index (χ0v) is 12.5. The summed E-state index contributed by atoms with van der Waals surface area (Å²) < 4.78 is 0. The van der Waals surface area contributed by atoms with Gasteiger partial charge in [0.05, 0.1) is 6.04 Å². The van der Waals surface area contributed by atoms with Crippen LogP contribution in [0.4, 0.5) is 5.82 Å². The summed E-state index contributed by atoms with van der Waals surface area (Å²) in [6, 6.07) is 8.19. The van der Waals surface area contributed by atoms with Gasteiger partial charge in [-0.05, 0) is 30.9 Å². The maximum atomic E-state index is 12.8. The van der Waals surface area contributed by atoms with Crippen LogP contribution in [0.5, 0.6) is 0 Å². The molecule has 1 saturated carbocycles. The van der Waals surface area contributed by atoms with Gasteiger partial charge in [0.2, 0.25) is 0 Å². The lowest BCUT2D eigenvalue weighted by Gasteiger charge is -2.22. The first-order chi connectivity index (χ1) is 10.6. The molecule has 22 heavy (non-hydrogen) atoms. The highest BCUT2D eigenvalue weighted by Gasteiger charge is 2.33. The number of aromatic nitrogens is 2. The Morgan fingerprint density at radius 2 is 2.09 bits per heavy atom. The number of hydrogen-bond acceptors (Lipinski definition) is 4. The minimum atomic E-state index is -0.0939. The number of benzene rings is 1. The van der Waals surface area contributed by atoms with Crippen LogP contribution in [0.2, 0.25) is 0 Å². The summed E-state index contributed by atoms with van der Waals surface area (Å²) in [6.45, 7) is 2.65. The Kier molecular flexibility index (Phi) is 2.89. The fraction of sp³-hybridized carbons (Fsp3) is 0.353. The van der Waals surface area contributed by atoms with Crippen LogP contribution < -0.4 is 5.73 Å². The molecule has 0 bridgehead atoms. The van der Waals surface area contributed by atoms with Gasteiger partial charge in [0, 0.05) is 18.7 Å². The van der Waals surface area contributed by atoms with Crippen molar-refractivity contribution in [2.45, 2.75) is 38.3 Å². The highest BCUT2D eigenvalue weighted by molar-refractivity contribution is 5.98. The quantitative estimate of drug-likeness (QED) is 0.924. The molecule has 1 fully saturated rings. The number of carbonyl (C=O) groups excluding carboxylic acids is 1. The maximum Gasteiger partial charge on any atom is 0.259 e. The number of amides is 1. The third kappa shape index (κ3) is 2.04. The zero-order valence-electron chi connectivity index (χ0n) is 12.5. The molecule has 0 spiro atoms. The van der Waals surface area contributed by atoms with Gasteiger partial charge in [0.25, 0.3) is 5.91 Å². The summed E-state index contributed by atoms with van der Waals surface area (Å²) in [7, 11) is 0. The van der Waals surface area contributed by atoms with Gasteiger partial charge in [-0.15, -0.1) is 0 Å². The van der Waals surface area contributed by atoms with Crippen LogP contribution in [0.3, 0.4) is 0 Å². The SMILES string of the molecule is CC1c2ccccc2CN1C(=O)c1cnc(C2CC2)nc1N. The van der Waals surface area contributed by atoms with Crippen LogP contribution in [0.25, 0.3) is 0 Å². The minimum absolute atomic E-state index is 0.0474. The Morgan fingerprint density at radius 1 is 1.32 bits per heavy atom. The second-order valence-corrected chi connectivity index (χ2v) is 6.11. The normalized spacial score (nSPS) is 20.0. The summed E-state index contributed by atoms with van der Waals surface area (Å²) in [5.74, 6) is 1.40. The first-order valence-corrected chi connectivity index (χ1v) is 7.66. The number of fused-ring (bicyclic) bond motifs is 1. The van der Waals surface area contributed by atoms with E-state index in [1.807, 2.05) is 24.0 Å². The minimum Gasteiger partial charge on any atom is -0.383 e. The molecular formula is C17H18N4O. The highest BCUT2D eigenvalue weighted by Crippen LogP contribution is 2.39. The van der Waals surface area contributed by atoms with Crippen molar-refractivity contribution in [3.63, 3.8) is 0 Å². The van der Waals surface area contributed by atoms with Gasteiger partial charge < -0.3 is 10.6 Å². The van der Waals surface area contributed by atoms with Gasteiger partial charge in [-0.2, -0.15) is 0 Å². The summed E-state index contributed by atoms with van der Waals surface area (Å²) in [5.41, 5.74) is 8.81. The van der Waals surface area contributed by atoms with Crippen molar-refractivity contribution >= 4 is 11.7 Å². The van der Waals surface area contributed by atoms with Crippen molar-refractivity contribution < 1.29 is 4.79 Å². The molecule has 2 N–H and O–H groups in total.